The van der Waals surface area contributed by atoms with Gasteiger partial charge in [0.25, 0.3) is 5.09 Å². The normalized spacial score (nSPS) is 11.4. The number of carbonyl (C=O) groups is 2. The molecule has 1 aromatic rings. The van der Waals surface area contributed by atoms with E-state index in [2.05, 4.69) is 10.2 Å². The molecule has 0 aliphatic heterocycles. The van der Waals surface area contributed by atoms with Crippen molar-refractivity contribution in [3.63, 3.8) is 0 Å². The lowest BCUT2D eigenvalue weighted by Gasteiger charge is -2.15. The molecule has 0 aliphatic rings. The first-order valence-corrected chi connectivity index (χ1v) is 9.15. The van der Waals surface area contributed by atoms with Crippen molar-refractivity contribution in [3.05, 3.63) is 39.9 Å². The molecule has 0 spiro atoms. The Morgan fingerprint density at radius 2 is 2.00 bits per heavy atom. The maximum Gasteiger partial charge on any atom is 0.413 e. The van der Waals surface area contributed by atoms with Crippen LogP contribution >= 0.6 is 11.8 Å². The summed E-state index contributed by atoms with van der Waals surface area (Å²) in [5.41, 5.74) is 0.946. The highest BCUT2D eigenvalue weighted by Gasteiger charge is 2.17. The van der Waals surface area contributed by atoms with E-state index in [1.807, 2.05) is 6.26 Å². The summed E-state index contributed by atoms with van der Waals surface area (Å²) >= 11 is 1.60. The molecule has 0 heterocycles. The Morgan fingerprint density at radius 1 is 1.32 bits per heavy atom. The summed E-state index contributed by atoms with van der Waals surface area (Å²) in [4.78, 5) is 37.7. The molecule has 1 rings (SSSR count). The number of carbonyl (C=O) groups excluding carboxylic acids is 2. The smallest absolute Gasteiger partial charge is 0.410 e. The first-order chi connectivity index (χ1) is 11.9. The Balaban J connectivity index is 2.44. The van der Waals surface area contributed by atoms with E-state index < -0.39 is 17.2 Å². The van der Waals surface area contributed by atoms with Crippen LogP contribution in [0.1, 0.15) is 25.3 Å². The van der Waals surface area contributed by atoms with Crippen molar-refractivity contribution in [1.29, 1.82) is 0 Å². The van der Waals surface area contributed by atoms with Gasteiger partial charge in [-0.05, 0) is 55.9 Å². The SMILES string of the molecule is CSCCC(NC(=O)Oc1ccc(CCCO[N+](=O)[O-])cc1)C(C)=O. The molecule has 0 bridgehead atoms. The summed E-state index contributed by atoms with van der Waals surface area (Å²) in [6, 6.07) is 6.25. The Bertz CT molecular complexity index is 578. The lowest BCUT2D eigenvalue weighted by atomic mass is 10.1. The second-order valence-electron chi connectivity index (χ2n) is 5.28. The van der Waals surface area contributed by atoms with E-state index in [1.165, 1.54) is 6.92 Å². The number of ether oxygens (including phenoxy) is 1. The quantitative estimate of drug-likeness (QED) is 0.362. The van der Waals surface area contributed by atoms with Crippen LogP contribution in [0.2, 0.25) is 0 Å². The van der Waals surface area contributed by atoms with Crippen LogP contribution in [-0.4, -0.2) is 41.6 Å². The zero-order valence-corrected chi connectivity index (χ0v) is 15.0. The van der Waals surface area contributed by atoms with Gasteiger partial charge in [-0.3, -0.25) is 4.79 Å². The van der Waals surface area contributed by atoms with Gasteiger partial charge in [-0.25, -0.2) is 4.79 Å². The molecule has 8 nitrogen and oxygen atoms in total. The third-order valence-electron chi connectivity index (χ3n) is 3.33. The Morgan fingerprint density at radius 3 is 2.56 bits per heavy atom. The van der Waals surface area contributed by atoms with Crippen LogP contribution in [0.25, 0.3) is 0 Å². The van der Waals surface area contributed by atoms with Crippen LogP contribution in [0.3, 0.4) is 0 Å². The van der Waals surface area contributed by atoms with Crippen LogP contribution in [-0.2, 0) is 16.1 Å². The van der Waals surface area contributed by atoms with E-state index >= 15 is 0 Å². The van der Waals surface area contributed by atoms with Crippen LogP contribution < -0.4 is 10.1 Å². The van der Waals surface area contributed by atoms with Crippen molar-refractivity contribution in [2.75, 3.05) is 18.6 Å². The second-order valence-corrected chi connectivity index (χ2v) is 6.27. The summed E-state index contributed by atoms with van der Waals surface area (Å²) in [7, 11) is 0. The fraction of sp³-hybridized carbons (Fsp3) is 0.500. The largest absolute Gasteiger partial charge is 0.413 e. The molecule has 138 valence electrons. The number of rotatable bonds is 11. The standard InChI is InChI=1S/C16H22N2O6S/c1-12(19)15(9-11-25-2)17-16(20)24-14-7-5-13(6-8-14)4-3-10-23-18(21)22/h5-8,15H,3-4,9-11H2,1-2H3,(H,17,20). The Kier molecular flexibility index (Phi) is 9.38. The van der Waals surface area contributed by atoms with Crippen LogP contribution in [0, 0.1) is 10.1 Å². The minimum atomic E-state index is -0.816. The Hall–Kier alpha value is -2.29. The molecule has 0 fully saturated rings. The minimum Gasteiger partial charge on any atom is -0.410 e. The number of aryl methyl sites for hydroxylation is 1. The number of hydrogen-bond donors (Lipinski definition) is 1. The lowest BCUT2D eigenvalue weighted by Crippen LogP contribution is -2.41. The molecular formula is C16H22N2O6S. The zero-order valence-electron chi connectivity index (χ0n) is 14.2. The fourth-order valence-corrected chi connectivity index (χ4v) is 2.50. The average molecular weight is 370 g/mol. The third kappa shape index (κ3) is 8.94. The molecule has 0 saturated heterocycles. The van der Waals surface area contributed by atoms with E-state index in [9.17, 15) is 19.7 Å². The highest BCUT2D eigenvalue weighted by molar-refractivity contribution is 7.98. The maximum atomic E-state index is 11.9. The molecule has 1 amide bonds. The van der Waals surface area contributed by atoms with Crippen molar-refractivity contribution in [3.8, 4) is 5.75 Å². The number of ketones is 1. The molecule has 1 aromatic carbocycles. The van der Waals surface area contributed by atoms with Crippen molar-refractivity contribution in [2.24, 2.45) is 0 Å². The molecule has 1 N–H and O–H groups in total. The van der Waals surface area contributed by atoms with Gasteiger partial charge in [0.2, 0.25) is 0 Å². The summed E-state index contributed by atoms with van der Waals surface area (Å²) in [6.45, 7) is 1.47. The molecule has 1 unspecified atom stereocenters. The number of thioether (sulfide) groups is 1. The molecule has 9 heteroatoms. The Labute approximate surface area is 150 Å². The van der Waals surface area contributed by atoms with Gasteiger partial charge >= 0.3 is 6.09 Å². The summed E-state index contributed by atoms with van der Waals surface area (Å²) in [5, 5.41) is 11.8. The van der Waals surface area contributed by atoms with Gasteiger partial charge < -0.3 is 14.9 Å². The van der Waals surface area contributed by atoms with Gasteiger partial charge in [-0.15, -0.1) is 10.1 Å². The lowest BCUT2D eigenvalue weighted by molar-refractivity contribution is -0.757. The molecule has 0 radical (unpaired) electrons. The van der Waals surface area contributed by atoms with E-state index in [-0.39, 0.29) is 12.4 Å². The van der Waals surface area contributed by atoms with E-state index in [0.29, 0.717) is 25.0 Å². The first kappa shape index (κ1) is 20.8. The molecular weight excluding hydrogens is 348 g/mol. The molecule has 0 aliphatic carbocycles. The van der Waals surface area contributed by atoms with Gasteiger partial charge in [0.1, 0.15) is 5.75 Å². The highest BCUT2D eigenvalue weighted by Crippen LogP contribution is 2.14. The molecule has 0 aromatic heterocycles. The van der Waals surface area contributed by atoms with Crippen molar-refractivity contribution in [1.82, 2.24) is 5.32 Å². The molecule has 25 heavy (non-hydrogen) atoms. The van der Waals surface area contributed by atoms with E-state index in [0.717, 1.165) is 11.3 Å². The summed E-state index contributed by atoms with van der Waals surface area (Å²) in [5.74, 6) is 1.01. The number of hydrogen-bond acceptors (Lipinski definition) is 7. The van der Waals surface area contributed by atoms with Gasteiger partial charge in [-0.1, -0.05) is 12.1 Å². The summed E-state index contributed by atoms with van der Waals surface area (Å²) < 4.78 is 5.16. The van der Waals surface area contributed by atoms with Gasteiger partial charge in [0, 0.05) is 0 Å². The van der Waals surface area contributed by atoms with Crippen molar-refractivity contribution in [2.45, 2.75) is 32.2 Å². The fourth-order valence-electron chi connectivity index (χ4n) is 2.03. The van der Waals surface area contributed by atoms with Crippen molar-refractivity contribution >= 4 is 23.6 Å². The number of benzene rings is 1. The predicted octanol–water partition coefficient (Wildman–Crippen LogP) is 2.63. The van der Waals surface area contributed by atoms with E-state index in [4.69, 9.17) is 4.74 Å². The molecule has 0 saturated carbocycles. The highest BCUT2D eigenvalue weighted by atomic mass is 32.2. The molecule has 1 atom stereocenters. The predicted molar refractivity (Wildman–Crippen MR) is 94.3 cm³/mol. The third-order valence-corrected chi connectivity index (χ3v) is 3.98. The zero-order chi connectivity index (χ0) is 18.7. The van der Waals surface area contributed by atoms with Crippen LogP contribution in [0.5, 0.6) is 5.75 Å². The van der Waals surface area contributed by atoms with Crippen molar-refractivity contribution < 1.29 is 24.3 Å². The number of nitrogens with zero attached hydrogens (tertiary/aromatic N) is 1. The monoisotopic (exact) mass is 370 g/mol. The van der Waals surface area contributed by atoms with Gasteiger partial charge in [-0.2, -0.15) is 11.8 Å². The summed E-state index contributed by atoms with van der Waals surface area (Å²) in [6.07, 6.45) is 2.93. The first-order valence-electron chi connectivity index (χ1n) is 7.76. The number of nitrogens with one attached hydrogen (secondary N) is 1. The topological polar surface area (TPSA) is 108 Å². The number of amides is 1. The minimum absolute atomic E-state index is 0.0378. The van der Waals surface area contributed by atoms with Gasteiger partial charge in [0.15, 0.2) is 5.78 Å². The van der Waals surface area contributed by atoms with Crippen LogP contribution in [0.15, 0.2) is 24.3 Å². The van der Waals surface area contributed by atoms with Gasteiger partial charge in [0.05, 0.1) is 12.6 Å². The van der Waals surface area contributed by atoms with Crippen LogP contribution in [0.4, 0.5) is 4.79 Å². The van der Waals surface area contributed by atoms with E-state index in [1.54, 1.807) is 36.0 Å². The second kappa shape index (κ2) is 11.3. The number of Topliss-reactive ketones (excluding diaryl/α,β-unsaturated/α-hetero) is 1. The maximum absolute atomic E-state index is 11.9. The average Bonchev–Trinajstić information content (AvgIpc) is 2.56.